The summed E-state index contributed by atoms with van der Waals surface area (Å²) < 4.78 is 4.98. The third-order valence-electron chi connectivity index (χ3n) is 3.16. The standard InChI is InChI=1S/C16H31NO3/c1-8-20-14(19)12-16(5,6)9-10-17(7)13(18)11-15(2,3)4/h8-12H2,1-7H3. The van der Waals surface area contributed by atoms with E-state index in [1.54, 1.807) is 4.90 Å². The third-order valence-corrected chi connectivity index (χ3v) is 3.16. The molecule has 0 fully saturated rings. The first kappa shape index (κ1) is 18.9. The third kappa shape index (κ3) is 8.94. The highest BCUT2D eigenvalue weighted by Crippen LogP contribution is 2.26. The summed E-state index contributed by atoms with van der Waals surface area (Å²) in [7, 11) is 1.83. The maximum absolute atomic E-state index is 12.0. The summed E-state index contributed by atoms with van der Waals surface area (Å²) in [5, 5.41) is 0. The molecular formula is C16H31NO3. The van der Waals surface area contributed by atoms with Crippen LogP contribution in [0.2, 0.25) is 0 Å². The molecular weight excluding hydrogens is 254 g/mol. The van der Waals surface area contributed by atoms with E-state index in [2.05, 4.69) is 20.8 Å². The van der Waals surface area contributed by atoms with Crippen molar-refractivity contribution in [2.75, 3.05) is 20.2 Å². The first-order chi connectivity index (χ1) is 8.97. The van der Waals surface area contributed by atoms with E-state index in [9.17, 15) is 9.59 Å². The number of ether oxygens (including phenoxy) is 1. The van der Waals surface area contributed by atoms with E-state index in [0.717, 1.165) is 6.42 Å². The van der Waals surface area contributed by atoms with Crippen LogP contribution in [0.15, 0.2) is 0 Å². The molecule has 0 radical (unpaired) electrons. The Bertz CT molecular complexity index is 329. The highest BCUT2D eigenvalue weighted by atomic mass is 16.5. The topological polar surface area (TPSA) is 46.6 Å². The monoisotopic (exact) mass is 285 g/mol. The Morgan fingerprint density at radius 3 is 2.05 bits per heavy atom. The molecule has 0 aromatic carbocycles. The lowest BCUT2D eigenvalue weighted by atomic mass is 9.85. The van der Waals surface area contributed by atoms with Gasteiger partial charge in [-0.2, -0.15) is 0 Å². The van der Waals surface area contributed by atoms with Crippen LogP contribution in [-0.2, 0) is 14.3 Å². The van der Waals surface area contributed by atoms with Crippen molar-refractivity contribution in [1.82, 2.24) is 4.90 Å². The summed E-state index contributed by atoms with van der Waals surface area (Å²) in [6, 6.07) is 0. The molecule has 0 bridgehead atoms. The summed E-state index contributed by atoms with van der Waals surface area (Å²) in [5.74, 6) is -0.00870. The minimum absolute atomic E-state index is 0.00575. The summed E-state index contributed by atoms with van der Waals surface area (Å²) in [5.41, 5.74) is -0.145. The van der Waals surface area contributed by atoms with E-state index < -0.39 is 0 Å². The number of rotatable bonds is 7. The molecule has 4 nitrogen and oxygen atoms in total. The zero-order chi connectivity index (χ0) is 16.0. The van der Waals surface area contributed by atoms with Crippen LogP contribution in [0.3, 0.4) is 0 Å². The maximum atomic E-state index is 12.0. The lowest BCUT2D eigenvalue weighted by Crippen LogP contribution is -2.33. The number of esters is 1. The molecule has 0 saturated heterocycles. The average molecular weight is 285 g/mol. The number of amides is 1. The van der Waals surface area contributed by atoms with E-state index in [1.807, 2.05) is 27.8 Å². The van der Waals surface area contributed by atoms with E-state index in [-0.39, 0.29) is 22.7 Å². The van der Waals surface area contributed by atoms with Gasteiger partial charge in [0.15, 0.2) is 0 Å². The van der Waals surface area contributed by atoms with Gasteiger partial charge in [0.25, 0.3) is 0 Å². The predicted molar refractivity (Wildman–Crippen MR) is 81.4 cm³/mol. The molecule has 0 heterocycles. The van der Waals surface area contributed by atoms with Crippen molar-refractivity contribution in [3.05, 3.63) is 0 Å². The van der Waals surface area contributed by atoms with Gasteiger partial charge in [-0.05, 0) is 24.2 Å². The van der Waals surface area contributed by atoms with Crippen LogP contribution in [0.4, 0.5) is 0 Å². The Morgan fingerprint density at radius 2 is 1.60 bits per heavy atom. The zero-order valence-electron chi connectivity index (χ0n) is 14.2. The number of nitrogens with zero attached hydrogens (tertiary/aromatic N) is 1. The van der Waals surface area contributed by atoms with Crippen molar-refractivity contribution in [3.63, 3.8) is 0 Å². The van der Waals surface area contributed by atoms with Gasteiger partial charge in [0, 0.05) is 20.0 Å². The highest BCUT2D eigenvalue weighted by molar-refractivity contribution is 5.76. The largest absolute Gasteiger partial charge is 0.466 e. The van der Waals surface area contributed by atoms with Gasteiger partial charge in [0.1, 0.15) is 0 Å². The molecule has 0 aliphatic heterocycles. The second-order valence-corrected chi connectivity index (χ2v) is 7.45. The minimum Gasteiger partial charge on any atom is -0.466 e. The molecule has 20 heavy (non-hydrogen) atoms. The normalized spacial score (nSPS) is 12.2. The minimum atomic E-state index is -0.166. The van der Waals surface area contributed by atoms with Crippen LogP contribution in [0, 0.1) is 10.8 Å². The second-order valence-electron chi connectivity index (χ2n) is 7.45. The van der Waals surface area contributed by atoms with Crippen LogP contribution in [0.25, 0.3) is 0 Å². The highest BCUT2D eigenvalue weighted by Gasteiger charge is 2.25. The predicted octanol–water partition coefficient (Wildman–Crippen LogP) is 3.25. The van der Waals surface area contributed by atoms with Crippen LogP contribution in [0.5, 0.6) is 0 Å². The second kappa shape index (κ2) is 7.65. The van der Waals surface area contributed by atoms with E-state index in [1.165, 1.54) is 0 Å². The van der Waals surface area contributed by atoms with Crippen molar-refractivity contribution in [1.29, 1.82) is 0 Å². The molecule has 0 aliphatic rings. The van der Waals surface area contributed by atoms with Gasteiger partial charge in [0.2, 0.25) is 5.91 Å². The fraction of sp³-hybridized carbons (Fsp3) is 0.875. The SMILES string of the molecule is CCOC(=O)CC(C)(C)CCN(C)C(=O)CC(C)(C)C. The number of carbonyl (C=O) groups is 2. The van der Waals surface area contributed by atoms with Gasteiger partial charge in [-0.15, -0.1) is 0 Å². The average Bonchev–Trinajstić information content (AvgIpc) is 2.23. The van der Waals surface area contributed by atoms with Crippen molar-refractivity contribution < 1.29 is 14.3 Å². The number of hydrogen-bond donors (Lipinski definition) is 0. The summed E-state index contributed by atoms with van der Waals surface area (Å²) in [6.45, 7) is 13.1. The van der Waals surface area contributed by atoms with E-state index >= 15 is 0 Å². The van der Waals surface area contributed by atoms with Gasteiger partial charge in [-0.3, -0.25) is 9.59 Å². The Labute approximate surface area is 123 Å². The van der Waals surface area contributed by atoms with Gasteiger partial charge in [0.05, 0.1) is 13.0 Å². The van der Waals surface area contributed by atoms with Crippen molar-refractivity contribution in [2.45, 2.75) is 60.8 Å². The molecule has 0 saturated carbocycles. The maximum Gasteiger partial charge on any atom is 0.306 e. The first-order valence-electron chi connectivity index (χ1n) is 7.36. The molecule has 0 rings (SSSR count). The van der Waals surface area contributed by atoms with Gasteiger partial charge < -0.3 is 9.64 Å². The summed E-state index contributed by atoms with van der Waals surface area (Å²) in [6.07, 6.45) is 1.72. The summed E-state index contributed by atoms with van der Waals surface area (Å²) in [4.78, 5) is 25.3. The smallest absolute Gasteiger partial charge is 0.306 e. The number of hydrogen-bond acceptors (Lipinski definition) is 3. The molecule has 0 unspecified atom stereocenters. The molecule has 0 atom stereocenters. The van der Waals surface area contributed by atoms with Gasteiger partial charge >= 0.3 is 5.97 Å². The Hall–Kier alpha value is -1.06. The van der Waals surface area contributed by atoms with Crippen molar-refractivity contribution in [3.8, 4) is 0 Å². The lowest BCUT2D eigenvalue weighted by Gasteiger charge is -2.28. The fourth-order valence-corrected chi connectivity index (χ4v) is 1.87. The first-order valence-corrected chi connectivity index (χ1v) is 7.36. The van der Waals surface area contributed by atoms with Gasteiger partial charge in [-0.25, -0.2) is 0 Å². The van der Waals surface area contributed by atoms with E-state index in [0.29, 0.717) is 26.0 Å². The quantitative estimate of drug-likeness (QED) is 0.675. The molecule has 0 aromatic rings. The molecule has 1 amide bonds. The van der Waals surface area contributed by atoms with Crippen LogP contribution >= 0.6 is 0 Å². The molecule has 0 aromatic heterocycles. The Kier molecular flexibility index (Phi) is 7.25. The molecule has 118 valence electrons. The fourth-order valence-electron chi connectivity index (χ4n) is 1.87. The summed E-state index contributed by atoms with van der Waals surface area (Å²) >= 11 is 0. The van der Waals surface area contributed by atoms with Crippen LogP contribution < -0.4 is 0 Å². The van der Waals surface area contributed by atoms with Crippen molar-refractivity contribution in [2.24, 2.45) is 10.8 Å². The molecule has 0 N–H and O–H groups in total. The van der Waals surface area contributed by atoms with Crippen LogP contribution in [0.1, 0.15) is 60.8 Å². The molecule has 0 aliphatic carbocycles. The van der Waals surface area contributed by atoms with Crippen LogP contribution in [-0.4, -0.2) is 37.0 Å². The lowest BCUT2D eigenvalue weighted by molar-refractivity contribution is -0.145. The Balaban J connectivity index is 4.25. The number of carbonyl (C=O) groups excluding carboxylic acids is 2. The zero-order valence-corrected chi connectivity index (χ0v) is 14.2. The van der Waals surface area contributed by atoms with Crippen molar-refractivity contribution >= 4 is 11.9 Å². The van der Waals surface area contributed by atoms with E-state index in [4.69, 9.17) is 4.74 Å². The molecule has 4 heteroatoms. The Morgan fingerprint density at radius 1 is 1.05 bits per heavy atom. The molecule has 0 spiro atoms. The van der Waals surface area contributed by atoms with Gasteiger partial charge in [-0.1, -0.05) is 34.6 Å².